The molecule has 0 aliphatic carbocycles. The Labute approximate surface area is 139 Å². The first-order valence-electron chi connectivity index (χ1n) is 7.48. The van der Waals surface area contributed by atoms with Crippen LogP contribution in [0.4, 0.5) is 0 Å². The van der Waals surface area contributed by atoms with Crippen molar-refractivity contribution in [1.29, 1.82) is 0 Å². The Morgan fingerprint density at radius 2 is 2.00 bits per heavy atom. The second-order valence-corrected chi connectivity index (χ2v) is 6.47. The van der Waals surface area contributed by atoms with Gasteiger partial charge in [-0.3, -0.25) is 4.79 Å². The molecule has 2 aromatic rings. The number of hydrogen-bond acceptors (Lipinski definition) is 4. The lowest BCUT2D eigenvalue weighted by molar-refractivity contribution is -0.123. The number of amides is 1. The number of aromatic carboxylic acids is 1. The molecule has 1 amide bonds. The fourth-order valence-electron chi connectivity index (χ4n) is 2.23. The minimum atomic E-state index is -0.948. The number of hydrogen-bond donors (Lipinski definition) is 2. The summed E-state index contributed by atoms with van der Waals surface area (Å²) in [7, 11) is 0. The number of nitrogens with one attached hydrogen (secondary N) is 1. The molecular formula is C17H20N2O3S. The maximum Gasteiger partial charge on any atom is 0.335 e. The predicted molar refractivity (Wildman–Crippen MR) is 89.6 cm³/mol. The molecule has 5 nitrogen and oxygen atoms in total. The van der Waals surface area contributed by atoms with E-state index in [4.69, 9.17) is 5.11 Å². The molecular weight excluding hydrogens is 312 g/mol. The van der Waals surface area contributed by atoms with Crippen LogP contribution in [0.3, 0.4) is 0 Å². The summed E-state index contributed by atoms with van der Waals surface area (Å²) in [6.45, 7) is 4.00. The molecule has 6 heteroatoms. The quantitative estimate of drug-likeness (QED) is 0.816. The van der Waals surface area contributed by atoms with Crippen LogP contribution in [0, 0.1) is 0 Å². The lowest BCUT2D eigenvalue weighted by Gasteiger charge is -2.27. The van der Waals surface area contributed by atoms with Crippen molar-refractivity contribution < 1.29 is 14.7 Å². The van der Waals surface area contributed by atoms with Gasteiger partial charge in [-0.05, 0) is 37.5 Å². The predicted octanol–water partition coefficient (Wildman–Crippen LogP) is 3.22. The van der Waals surface area contributed by atoms with E-state index in [2.05, 4.69) is 10.3 Å². The number of carbonyl (C=O) groups is 2. The Kier molecular flexibility index (Phi) is 5.50. The zero-order chi connectivity index (χ0) is 16.9. The van der Waals surface area contributed by atoms with Crippen molar-refractivity contribution in [1.82, 2.24) is 10.3 Å². The van der Waals surface area contributed by atoms with Crippen molar-refractivity contribution in [3.63, 3.8) is 0 Å². The molecule has 1 aromatic heterocycles. The third-order valence-corrected chi connectivity index (χ3v) is 4.91. The van der Waals surface area contributed by atoms with Crippen LogP contribution >= 0.6 is 11.3 Å². The summed E-state index contributed by atoms with van der Waals surface area (Å²) in [6, 6.07) is 6.61. The van der Waals surface area contributed by atoms with Crippen LogP contribution in [0.25, 0.3) is 0 Å². The van der Waals surface area contributed by atoms with Crippen LogP contribution in [-0.4, -0.2) is 22.0 Å². The van der Waals surface area contributed by atoms with Gasteiger partial charge < -0.3 is 10.4 Å². The maximum absolute atomic E-state index is 12.2. The van der Waals surface area contributed by atoms with E-state index in [9.17, 15) is 9.59 Å². The van der Waals surface area contributed by atoms with Crippen molar-refractivity contribution in [2.75, 3.05) is 0 Å². The van der Waals surface area contributed by atoms with E-state index in [0.29, 0.717) is 12.8 Å². The van der Waals surface area contributed by atoms with E-state index in [1.54, 1.807) is 30.5 Å². The first-order chi connectivity index (χ1) is 10.9. The van der Waals surface area contributed by atoms with Gasteiger partial charge in [0.2, 0.25) is 5.91 Å². The topological polar surface area (TPSA) is 79.3 Å². The molecule has 0 bridgehead atoms. The summed E-state index contributed by atoms with van der Waals surface area (Å²) >= 11 is 1.53. The molecule has 2 N–H and O–H groups in total. The van der Waals surface area contributed by atoms with Gasteiger partial charge in [-0.2, -0.15) is 0 Å². The van der Waals surface area contributed by atoms with E-state index in [1.165, 1.54) is 11.3 Å². The molecule has 0 saturated carbocycles. The molecule has 1 aromatic carbocycles. The highest BCUT2D eigenvalue weighted by Crippen LogP contribution is 2.26. The Balaban J connectivity index is 1.93. The number of benzene rings is 1. The van der Waals surface area contributed by atoms with E-state index in [0.717, 1.165) is 17.0 Å². The Morgan fingerprint density at radius 1 is 1.30 bits per heavy atom. The average molecular weight is 332 g/mol. The number of carboxylic acid groups (broad SMARTS) is 1. The molecule has 2 rings (SSSR count). The van der Waals surface area contributed by atoms with Crippen LogP contribution in [0.5, 0.6) is 0 Å². The molecule has 0 spiro atoms. The third-order valence-electron chi connectivity index (χ3n) is 3.87. The molecule has 23 heavy (non-hydrogen) atoms. The van der Waals surface area contributed by atoms with Gasteiger partial charge in [-0.25, -0.2) is 9.78 Å². The van der Waals surface area contributed by atoms with Gasteiger partial charge in [0.25, 0.3) is 0 Å². The second kappa shape index (κ2) is 7.37. The highest BCUT2D eigenvalue weighted by atomic mass is 32.1. The number of thiazole rings is 1. The van der Waals surface area contributed by atoms with Gasteiger partial charge in [0, 0.05) is 18.0 Å². The van der Waals surface area contributed by atoms with E-state index >= 15 is 0 Å². The van der Waals surface area contributed by atoms with Crippen LogP contribution in [0.15, 0.2) is 35.8 Å². The number of aryl methyl sites for hydroxylation is 1. The Hall–Kier alpha value is -2.21. The summed E-state index contributed by atoms with van der Waals surface area (Å²) in [6.07, 6.45) is 3.43. The monoisotopic (exact) mass is 332 g/mol. The van der Waals surface area contributed by atoms with Crippen molar-refractivity contribution in [2.24, 2.45) is 0 Å². The fraction of sp³-hybridized carbons (Fsp3) is 0.353. The lowest BCUT2D eigenvalue weighted by atomic mass is 9.99. The second-order valence-electron chi connectivity index (χ2n) is 5.57. The number of nitrogens with zero attached hydrogens (tertiary/aromatic N) is 1. The van der Waals surface area contributed by atoms with Crippen molar-refractivity contribution in [3.05, 3.63) is 52.0 Å². The van der Waals surface area contributed by atoms with Gasteiger partial charge in [-0.1, -0.05) is 19.1 Å². The van der Waals surface area contributed by atoms with Gasteiger partial charge in [0.15, 0.2) is 0 Å². The van der Waals surface area contributed by atoms with Crippen LogP contribution in [0.1, 0.15) is 47.6 Å². The van der Waals surface area contributed by atoms with Crippen LogP contribution < -0.4 is 5.32 Å². The maximum atomic E-state index is 12.2. The first-order valence-corrected chi connectivity index (χ1v) is 8.36. The molecule has 122 valence electrons. The minimum absolute atomic E-state index is 0.0353. The highest BCUT2D eigenvalue weighted by Gasteiger charge is 2.28. The zero-order valence-corrected chi connectivity index (χ0v) is 14.0. The zero-order valence-electron chi connectivity index (χ0n) is 13.2. The van der Waals surface area contributed by atoms with Crippen molar-refractivity contribution in [2.45, 2.75) is 38.6 Å². The smallest absolute Gasteiger partial charge is 0.335 e. The van der Waals surface area contributed by atoms with Crippen LogP contribution in [0.2, 0.25) is 0 Å². The third kappa shape index (κ3) is 4.39. The fourth-order valence-corrected chi connectivity index (χ4v) is 3.06. The van der Waals surface area contributed by atoms with E-state index in [1.807, 2.05) is 19.2 Å². The standard InChI is InChI=1S/C17H20N2O3S/c1-3-17(2,16-18-10-11-23-16)19-14(20)9-6-12-4-7-13(8-5-12)15(21)22/h4-5,7-8,10-11H,3,6,9H2,1-2H3,(H,19,20)(H,21,22)/t17-/m1/s1. The summed E-state index contributed by atoms with van der Waals surface area (Å²) in [4.78, 5) is 27.3. The molecule has 0 fully saturated rings. The first kappa shape index (κ1) is 17.1. The minimum Gasteiger partial charge on any atom is -0.478 e. The normalized spacial score (nSPS) is 13.3. The van der Waals surface area contributed by atoms with Crippen LogP contribution in [-0.2, 0) is 16.8 Å². The highest BCUT2D eigenvalue weighted by molar-refractivity contribution is 7.09. The molecule has 0 aliphatic rings. The molecule has 0 saturated heterocycles. The summed E-state index contributed by atoms with van der Waals surface area (Å²) in [5.74, 6) is -0.983. The number of rotatable bonds is 7. The Morgan fingerprint density at radius 3 is 2.52 bits per heavy atom. The lowest BCUT2D eigenvalue weighted by Crippen LogP contribution is -2.43. The summed E-state index contributed by atoms with van der Waals surface area (Å²) < 4.78 is 0. The van der Waals surface area contributed by atoms with Gasteiger partial charge in [0.1, 0.15) is 5.01 Å². The molecule has 1 heterocycles. The molecule has 0 unspecified atom stereocenters. The summed E-state index contributed by atoms with van der Waals surface area (Å²) in [5.41, 5.74) is 0.747. The number of carboxylic acids is 1. The molecule has 0 radical (unpaired) electrons. The van der Waals surface area contributed by atoms with Gasteiger partial charge in [0.05, 0.1) is 11.1 Å². The average Bonchev–Trinajstić information content (AvgIpc) is 3.08. The Bertz CT molecular complexity index is 668. The number of aromatic nitrogens is 1. The molecule has 1 atom stereocenters. The van der Waals surface area contributed by atoms with Gasteiger partial charge in [-0.15, -0.1) is 11.3 Å². The van der Waals surface area contributed by atoms with E-state index in [-0.39, 0.29) is 11.5 Å². The summed E-state index contributed by atoms with van der Waals surface area (Å²) in [5, 5.41) is 14.7. The SMILES string of the molecule is CC[C@@](C)(NC(=O)CCc1ccc(C(=O)O)cc1)c1nccs1. The molecule has 0 aliphatic heterocycles. The number of carbonyl (C=O) groups excluding carboxylic acids is 1. The van der Waals surface area contributed by atoms with Gasteiger partial charge >= 0.3 is 5.97 Å². The van der Waals surface area contributed by atoms with Crippen molar-refractivity contribution in [3.8, 4) is 0 Å². The van der Waals surface area contributed by atoms with Crippen molar-refractivity contribution >= 4 is 23.2 Å². The van der Waals surface area contributed by atoms with E-state index < -0.39 is 11.5 Å². The largest absolute Gasteiger partial charge is 0.478 e.